The van der Waals surface area contributed by atoms with Gasteiger partial charge >= 0.3 is 0 Å². The van der Waals surface area contributed by atoms with Crippen LogP contribution in [0.2, 0.25) is 0 Å². The molecule has 0 amide bonds. The third-order valence-electron chi connectivity index (χ3n) is 2.20. The molecule has 0 bridgehead atoms. The maximum absolute atomic E-state index is 5.67. The van der Waals surface area contributed by atoms with Gasteiger partial charge < -0.3 is 14.5 Å². The van der Waals surface area contributed by atoms with E-state index in [-0.39, 0.29) is 0 Å². The Morgan fingerprint density at radius 3 is 3.00 bits per heavy atom. The van der Waals surface area contributed by atoms with Crippen LogP contribution in [-0.4, -0.2) is 25.2 Å². The Bertz CT molecular complexity index is 493. The highest BCUT2D eigenvalue weighted by Gasteiger charge is 2.11. The van der Waals surface area contributed by atoms with Crippen molar-refractivity contribution in [3.8, 4) is 10.6 Å². The lowest BCUT2D eigenvalue weighted by molar-refractivity contribution is 0.198. The van der Waals surface area contributed by atoms with Crippen LogP contribution >= 0.6 is 43.2 Å². The van der Waals surface area contributed by atoms with Gasteiger partial charge in [0, 0.05) is 18.1 Å². The smallest absolute Gasteiger partial charge is 0.208 e. The lowest BCUT2D eigenvalue weighted by atomic mass is 10.4. The second-order valence-corrected chi connectivity index (χ2v) is 6.74. The topological polar surface area (TPSA) is 47.3 Å². The zero-order valence-electron chi connectivity index (χ0n) is 9.70. The maximum Gasteiger partial charge on any atom is 0.208 e. The van der Waals surface area contributed by atoms with Gasteiger partial charge in [-0.05, 0) is 37.9 Å². The van der Waals surface area contributed by atoms with Crippen LogP contribution in [0.25, 0.3) is 10.6 Å². The number of hydrogen-bond acceptors (Lipinski definition) is 5. The minimum atomic E-state index is 0.608. The fourth-order valence-corrected chi connectivity index (χ4v) is 3.33. The van der Waals surface area contributed by atoms with Crippen molar-refractivity contribution in [3.05, 3.63) is 26.4 Å². The maximum atomic E-state index is 5.67. The Hall–Kier alpha value is -0.210. The summed E-state index contributed by atoms with van der Waals surface area (Å²) in [7, 11) is 1.68. The van der Waals surface area contributed by atoms with Crippen molar-refractivity contribution in [2.45, 2.75) is 6.54 Å². The summed E-state index contributed by atoms with van der Waals surface area (Å²) in [5.74, 6) is 1.47. The monoisotopic (exact) mass is 394 g/mol. The third kappa shape index (κ3) is 3.64. The molecule has 0 aliphatic rings. The fraction of sp³-hybridized carbons (Fsp3) is 0.364. The molecule has 0 saturated carbocycles. The van der Waals surface area contributed by atoms with Crippen LogP contribution in [0.5, 0.6) is 0 Å². The molecule has 0 unspecified atom stereocenters. The van der Waals surface area contributed by atoms with Crippen molar-refractivity contribution in [2.75, 3.05) is 20.3 Å². The first-order valence-corrected chi connectivity index (χ1v) is 7.70. The second-order valence-electron chi connectivity index (χ2n) is 3.52. The van der Waals surface area contributed by atoms with Crippen molar-refractivity contribution in [1.29, 1.82) is 0 Å². The molecule has 98 valence electrons. The highest BCUT2D eigenvalue weighted by atomic mass is 79.9. The number of aromatic nitrogens is 1. The van der Waals surface area contributed by atoms with Gasteiger partial charge in [0.15, 0.2) is 5.76 Å². The van der Waals surface area contributed by atoms with Gasteiger partial charge in [-0.3, -0.25) is 0 Å². The molecule has 0 spiro atoms. The van der Waals surface area contributed by atoms with E-state index in [1.54, 1.807) is 24.6 Å². The van der Waals surface area contributed by atoms with E-state index in [1.807, 2.05) is 6.07 Å². The first-order chi connectivity index (χ1) is 8.70. The van der Waals surface area contributed by atoms with Crippen LogP contribution in [0.1, 0.15) is 5.89 Å². The van der Waals surface area contributed by atoms with Crippen molar-refractivity contribution in [1.82, 2.24) is 10.3 Å². The van der Waals surface area contributed by atoms with Crippen LogP contribution in [-0.2, 0) is 11.3 Å². The summed E-state index contributed by atoms with van der Waals surface area (Å²) in [5.41, 5.74) is 0. The van der Waals surface area contributed by atoms with E-state index < -0.39 is 0 Å². The molecule has 1 N–H and O–H groups in total. The predicted octanol–water partition coefficient (Wildman–Crippen LogP) is 3.66. The van der Waals surface area contributed by atoms with Crippen LogP contribution in [0.4, 0.5) is 0 Å². The van der Waals surface area contributed by atoms with E-state index in [2.05, 4.69) is 42.2 Å². The number of halogens is 2. The first-order valence-electron chi connectivity index (χ1n) is 5.30. The number of nitrogens with zero attached hydrogens (tertiary/aromatic N) is 1. The molecule has 2 rings (SSSR count). The van der Waals surface area contributed by atoms with Crippen molar-refractivity contribution >= 4 is 43.2 Å². The average Bonchev–Trinajstić information content (AvgIpc) is 2.93. The number of methoxy groups -OCH3 is 1. The first kappa shape index (κ1) is 14.2. The number of nitrogens with one attached hydrogen (secondary N) is 1. The molecule has 0 aromatic carbocycles. The van der Waals surface area contributed by atoms with Crippen LogP contribution < -0.4 is 5.32 Å². The van der Waals surface area contributed by atoms with E-state index in [1.165, 1.54) is 0 Å². The Balaban J connectivity index is 1.97. The summed E-state index contributed by atoms with van der Waals surface area (Å²) in [4.78, 5) is 5.28. The molecule has 0 saturated heterocycles. The average molecular weight is 396 g/mol. The van der Waals surface area contributed by atoms with E-state index in [0.29, 0.717) is 19.0 Å². The number of rotatable bonds is 6. The van der Waals surface area contributed by atoms with E-state index in [0.717, 1.165) is 25.4 Å². The molecule has 18 heavy (non-hydrogen) atoms. The van der Waals surface area contributed by atoms with Crippen LogP contribution in [0.3, 0.4) is 0 Å². The highest BCUT2D eigenvalue weighted by molar-refractivity contribution is 9.13. The van der Waals surface area contributed by atoms with Gasteiger partial charge in [0.2, 0.25) is 5.89 Å². The summed E-state index contributed by atoms with van der Waals surface area (Å²) in [6.45, 7) is 2.07. The standard InChI is InChI=1S/C11H12Br2N2O2S/c1-16-3-2-14-6-10-15-5-8(17-10)9-4-7(12)11(13)18-9/h4-5,14H,2-3,6H2,1H3. The van der Waals surface area contributed by atoms with Crippen LogP contribution in [0, 0.1) is 0 Å². The van der Waals surface area contributed by atoms with Crippen molar-refractivity contribution in [2.24, 2.45) is 0 Å². The SMILES string of the molecule is COCCNCc1ncc(-c2cc(Br)c(Br)s2)o1. The zero-order valence-corrected chi connectivity index (χ0v) is 13.7. The zero-order chi connectivity index (χ0) is 13.0. The molecule has 2 aromatic heterocycles. The van der Waals surface area contributed by atoms with Crippen LogP contribution in [0.15, 0.2) is 24.9 Å². The molecule has 2 aromatic rings. The normalized spacial score (nSPS) is 11.1. The largest absolute Gasteiger partial charge is 0.438 e. The quantitative estimate of drug-likeness (QED) is 0.758. The molecule has 2 heterocycles. The number of hydrogen-bond donors (Lipinski definition) is 1. The molecular formula is C11H12Br2N2O2S. The van der Waals surface area contributed by atoms with Crippen molar-refractivity contribution < 1.29 is 9.15 Å². The lowest BCUT2D eigenvalue weighted by Gasteiger charge is -1.99. The molecule has 4 nitrogen and oxygen atoms in total. The van der Waals surface area contributed by atoms with Gasteiger partial charge in [0.05, 0.1) is 28.0 Å². The molecule has 0 aliphatic carbocycles. The van der Waals surface area contributed by atoms with E-state index in [9.17, 15) is 0 Å². The Morgan fingerprint density at radius 1 is 1.50 bits per heavy atom. The molecule has 0 atom stereocenters. The third-order valence-corrected chi connectivity index (χ3v) is 5.47. The summed E-state index contributed by atoms with van der Waals surface area (Å²) < 4.78 is 12.7. The molecule has 0 fully saturated rings. The van der Waals surface area contributed by atoms with Gasteiger partial charge in [-0.2, -0.15) is 0 Å². The van der Waals surface area contributed by atoms with Gasteiger partial charge in [-0.25, -0.2) is 4.98 Å². The van der Waals surface area contributed by atoms with E-state index in [4.69, 9.17) is 9.15 Å². The summed E-state index contributed by atoms with van der Waals surface area (Å²) in [6, 6.07) is 2.01. The summed E-state index contributed by atoms with van der Waals surface area (Å²) >= 11 is 8.53. The fourth-order valence-electron chi connectivity index (χ4n) is 1.34. The predicted molar refractivity (Wildman–Crippen MR) is 78.8 cm³/mol. The molecule has 7 heteroatoms. The number of oxazole rings is 1. The van der Waals surface area contributed by atoms with E-state index >= 15 is 0 Å². The van der Waals surface area contributed by atoms with Crippen molar-refractivity contribution in [3.63, 3.8) is 0 Å². The highest BCUT2D eigenvalue weighted by Crippen LogP contribution is 2.38. The lowest BCUT2D eigenvalue weighted by Crippen LogP contribution is -2.18. The van der Waals surface area contributed by atoms with Gasteiger partial charge in [0.1, 0.15) is 0 Å². The van der Waals surface area contributed by atoms with Gasteiger partial charge in [0.25, 0.3) is 0 Å². The molecule has 0 aliphatic heterocycles. The summed E-state index contributed by atoms with van der Waals surface area (Å²) in [6.07, 6.45) is 1.75. The van der Waals surface area contributed by atoms with Gasteiger partial charge in [-0.1, -0.05) is 0 Å². The van der Waals surface area contributed by atoms with Gasteiger partial charge in [-0.15, -0.1) is 11.3 Å². The molecular weight excluding hydrogens is 384 g/mol. The Kier molecular flexibility index (Phi) is 5.38. The number of ether oxygens (including phenoxy) is 1. The Morgan fingerprint density at radius 2 is 2.33 bits per heavy atom. The Labute approximate surface area is 126 Å². The molecule has 0 radical (unpaired) electrons. The summed E-state index contributed by atoms with van der Waals surface area (Å²) in [5, 5.41) is 3.19. The minimum absolute atomic E-state index is 0.608. The number of thiophene rings is 1. The minimum Gasteiger partial charge on any atom is -0.438 e. The second kappa shape index (κ2) is 6.81.